The van der Waals surface area contributed by atoms with Gasteiger partial charge in [0.25, 0.3) is 0 Å². The summed E-state index contributed by atoms with van der Waals surface area (Å²) >= 11 is 0. The maximum Gasteiger partial charge on any atom is 0.0648 e. The molecule has 0 aliphatic carbocycles. The van der Waals surface area contributed by atoms with Gasteiger partial charge in [-0.2, -0.15) is 5.10 Å². The number of nitrogens with zero attached hydrogens (tertiary/aromatic N) is 2. The first-order valence-electron chi connectivity index (χ1n) is 7.30. The fourth-order valence-corrected chi connectivity index (χ4v) is 2.16. The van der Waals surface area contributed by atoms with Crippen LogP contribution < -0.4 is 5.32 Å². The molecule has 0 fully saturated rings. The molecule has 1 aromatic heterocycles. The lowest BCUT2D eigenvalue weighted by atomic mass is 10.1. The molecule has 1 heterocycles. The van der Waals surface area contributed by atoms with Crippen molar-refractivity contribution >= 4 is 0 Å². The maximum atomic E-state index is 4.45. The van der Waals surface area contributed by atoms with Gasteiger partial charge in [-0.15, -0.1) is 0 Å². The zero-order chi connectivity index (χ0) is 14.6. The van der Waals surface area contributed by atoms with Crippen LogP contribution in [0.25, 0.3) is 5.69 Å². The standard InChI is InChI=1S/C17H25N3/c1-14-7-5-9-16(11-14)20-13-15(12-19-20)8-6-10-18-17(2,3)4/h5,7,9,11-13,18H,6,8,10H2,1-4H3. The molecule has 3 heteroatoms. The number of nitrogens with one attached hydrogen (secondary N) is 1. The van der Waals surface area contributed by atoms with Crippen LogP contribution in [0.4, 0.5) is 0 Å². The minimum Gasteiger partial charge on any atom is -0.312 e. The lowest BCUT2D eigenvalue weighted by molar-refractivity contribution is 0.422. The molecule has 2 rings (SSSR count). The molecule has 3 nitrogen and oxygen atoms in total. The van der Waals surface area contributed by atoms with E-state index < -0.39 is 0 Å². The summed E-state index contributed by atoms with van der Waals surface area (Å²) in [7, 11) is 0. The van der Waals surface area contributed by atoms with Crippen molar-refractivity contribution in [1.82, 2.24) is 15.1 Å². The van der Waals surface area contributed by atoms with Gasteiger partial charge >= 0.3 is 0 Å². The second-order valence-corrected chi connectivity index (χ2v) is 6.41. The highest BCUT2D eigenvalue weighted by molar-refractivity contribution is 5.35. The van der Waals surface area contributed by atoms with Gasteiger partial charge in [-0.25, -0.2) is 4.68 Å². The summed E-state index contributed by atoms with van der Waals surface area (Å²) in [4.78, 5) is 0. The molecule has 0 saturated heterocycles. The minimum atomic E-state index is 0.200. The number of rotatable bonds is 5. The predicted molar refractivity (Wildman–Crippen MR) is 84.4 cm³/mol. The molecule has 0 aliphatic rings. The molecule has 0 radical (unpaired) electrons. The summed E-state index contributed by atoms with van der Waals surface area (Å²) < 4.78 is 1.96. The van der Waals surface area contributed by atoms with E-state index in [2.05, 4.69) is 68.6 Å². The fraction of sp³-hybridized carbons (Fsp3) is 0.471. The van der Waals surface area contributed by atoms with Crippen LogP contribution in [0.1, 0.15) is 38.3 Å². The van der Waals surface area contributed by atoms with Gasteiger partial charge in [0.15, 0.2) is 0 Å². The van der Waals surface area contributed by atoms with Crippen molar-refractivity contribution in [2.24, 2.45) is 0 Å². The maximum absolute atomic E-state index is 4.45. The smallest absolute Gasteiger partial charge is 0.0648 e. The van der Waals surface area contributed by atoms with Gasteiger partial charge < -0.3 is 5.32 Å². The zero-order valence-corrected chi connectivity index (χ0v) is 13.0. The summed E-state index contributed by atoms with van der Waals surface area (Å²) in [6.07, 6.45) is 6.30. The molecular formula is C17H25N3. The Labute approximate surface area is 122 Å². The molecule has 0 aliphatic heterocycles. The Kier molecular flexibility index (Phi) is 4.61. The van der Waals surface area contributed by atoms with E-state index in [0.717, 1.165) is 25.1 Å². The normalized spacial score (nSPS) is 11.8. The third kappa shape index (κ3) is 4.49. The van der Waals surface area contributed by atoms with Crippen LogP contribution in [0.15, 0.2) is 36.7 Å². The molecule has 1 aromatic carbocycles. The van der Waals surface area contributed by atoms with E-state index in [9.17, 15) is 0 Å². The van der Waals surface area contributed by atoms with Crippen LogP contribution in [0, 0.1) is 6.92 Å². The fourth-order valence-electron chi connectivity index (χ4n) is 2.16. The Morgan fingerprint density at radius 3 is 2.75 bits per heavy atom. The van der Waals surface area contributed by atoms with E-state index in [4.69, 9.17) is 0 Å². The average molecular weight is 271 g/mol. The van der Waals surface area contributed by atoms with Crippen molar-refractivity contribution in [3.05, 3.63) is 47.8 Å². The van der Waals surface area contributed by atoms with E-state index in [1.54, 1.807) is 0 Å². The Hall–Kier alpha value is -1.61. The first kappa shape index (κ1) is 14.8. The third-order valence-electron chi connectivity index (χ3n) is 3.20. The predicted octanol–water partition coefficient (Wildman–Crippen LogP) is 3.50. The Bertz CT molecular complexity index is 549. The highest BCUT2D eigenvalue weighted by Gasteiger charge is 2.07. The van der Waals surface area contributed by atoms with E-state index in [-0.39, 0.29) is 5.54 Å². The van der Waals surface area contributed by atoms with Crippen molar-refractivity contribution < 1.29 is 0 Å². The number of benzene rings is 1. The number of aromatic nitrogens is 2. The van der Waals surface area contributed by atoms with Gasteiger partial charge in [-0.3, -0.25) is 0 Å². The molecule has 108 valence electrons. The summed E-state index contributed by atoms with van der Waals surface area (Å²) in [5.41, 5.74) is 3.88. The van der Waals surface area contributed by atoms with Gasteiger partial charge in [0.1, 0.15) is 0 Å². The Morgan fingerprint density at radius 2 is 2.05 bits per heavy atom. The minimum absolute atomic E-state index is 0.200. The van der Waals surface area contributed by atoms with Crippen molar-refractivity contribution in [2.75, 3.05) is 6.54 Å². The number of hydrogen-bond acceptors (Lipinski definition) is 2. The van der Waals surface area contributed by atoms with Gasteiger partial charge in [0.05, 0.1) is 11.9 Å². The van der Waals surface area contributed by atoms with E-state index >= 15 is 0 Å². The highest BCUT2D eigenvalue weighted by Crippen LogP contribution is 2.11. The van der Waals surface area contributed by atoms with E-state index in [1.165, 1.54) is 11.1 Å². The van der Waals surface area contributed by atoms with Gasteiger partial charge in [-0.1, -0.05) is 12.1 Å². The molecule has 0 amide bonds. The summed E-state index contributed by atoms with van der Waals surface area (Å²) in [6, 6.07) is 8.41. The quantitative estimate of drug-likeness (QED) is 0.844. The van der Waals surface area contributed by atoms with Gasteiger partial charge in [-0.05, 0) is 70.3 Å². The van der Waals surface area contributed by atoms with Crippen LogP contribution in [0.5, 0.6) is 0 Å². The van der Waals surface area contributed by atoms with Gasteiger partial charge in [0, 0.05) is 11.7 Å². The summed E-state index contributed by atoms with van der Waals surface area (Å²) in [5.74, 6) is 0. The first-order valence-corrected chi connectivity index (χ1v) is 7.30. The van der Waals surface area contributed by atoms with E-state index in [1.807, 2.05) is 10.9 Å². The lowest BCUT2D eigenvalue weighted by Crippen LogP contribution is -2.36. The Morgan fingerprint density at radius 1 is 1.25 bits per heavy atom. The monoisotopic (exact) mass is 271 g/mol. The second kappa shape index (κ2) is 6.23. The molecule has 0 spiro atoms. The highest BCUT2D eigenvalue weighted by atomic mass is 15.3. The van der Waals surface area contributed by atoms with Crippen molar-refractivity contribution in [2.45, 2.75) is 46.1 Å². The molecule has 0 atom stereocenters. The van der Waals surface area contributed by atoms with Crippen molar-refractivity contribution in [1.29, 1.82) is 0 Å². The topological polar surface area (TPSA) is 29.9 Å². The van der Waals surface area contributed by atoms with Gasteiger partial charge in [0.2, 0.25) is 0 Å². The third-order valence-corrected chi connectivity index (χ3v) is 3.20. The molecule has 0 bridgehead atoms. The van der Waals surface area contributed by atoms with Crippen LogP contribution in [-0.4, -0.2) is 21.9 Å². The molecule has 20 heavy (non-hydrogen) atoms. The summed E-state index contributed by atoms with van der Waals surface area (Å²) in [6.45, 7) is 9.74. The number of aryl methyl sites for hydroxylation is 2. The molecule has 1 N–H and O–H groups in total. The molecule has 0 unspecified atom stereocenters. The van der Waals surface area contributed by atoms with Crippen LogP contribution in [0.2, 0.25) is 0 Å². The average Bonchev–Trinajstić information content (AvgIpc) is 2.82. The molecule has 2 aromatic rings. The lowest BCUT2D eigenvalue weighted by Gasteiger charge is -2.20. The summed E-state index contributed by atoms with van der Waals surface area (Å²) in [5, 5.41) is 7.96. The van der Waals surface area contributed by atoms with Crippen LogP contribution >= 0.6 is 0 Å². The van der Waals surface area contributed by atoms with Crippen molar-refractivity contribution in [3.8, 4) is 5.69 Å². The SMILES string of the molecule is Cc1cccc(-n2cc(CCCNC(C)(C)C)cn2)c1. The van der Waals surface area contributed by atoms with E-state index in [0.29, 0.717) is 0 Å². The largest absolute Gasteiger partial charge is 0.312 e. The Balaban J connectivity index is 1.90. The van der Waals surface area contributed by atoms with Crippen LogP contribution in [0.3, 0.4) is 0 Å². The molecular weight excluding hydrogens is 246 g/mol. The molecule has 0 saturated carbocycles. The second-order valence-electron chi connectivity index (χ2n) is 6.41. The van der Waals surface area contributed by atoms with Crippen molar-refractivity contribution in [3.63, 3.8) is 0 Å². The van der Waals surface area contributed by atoms with Crippen LogP contribution in [-0.2, 0) is 6.42 Å². The first-order chi connectivity index (χ1) is 9.44. The number of hydrogen-bond donors (Lipinski definition) is 1. The zero-order valence-electron chi connectivity index (χ0n) is 13.0.